The SMILES string of the molecule is O=C(Cc1cccc2ccccc12)N1CCO[C@@]2(CNCCOC2)C1. The van der Waals surface area contributed by atoms with Gasteiger partial charge in [-0.25, -0.2) is 0 Å². The first kappa shape index (κ1) is 16.5. The molecule has 1 amide bonds. The first-order valence-corrected chi connectivity index (χ1v) is 8.93. The van der Waals surface area contributed by atoms with Crippen LogP contribution in [0.5, 0.6) is 0 Å². The maximum atomic E-state index is 12.9. The highest BCUT2D eigenvalue weighted by Gasteiger charge is 2.39. The minimum Gasteiger partial charge on any atom is -0.377 e. The number of ether oxygens (including phenoxy) is 2. The molecular formula is C20H24N2O3. The zero-order valence-electron chi connectivity index (χ0n) is 14.4. The van der Waals surface area contributed by atoms with Crippen molar-refractivity contribution in [1.29, 1.82) is 0 Å². The van der Waals surface area contributed by atoms with Crippen LogP contribution >= 0.6 is 0 Å². The van der Waals surface area contributed by atoms with Crippen molar-refractivity contribution >= 4 is 16.7 Å². The molecule has 4 rings (SSSR count). The van der Waals surface area contributed by atoms with Crippen molar-refractivity contribution in [2.24, 2.45) is 0 Å². The first-order chi connectivity index (χ1) is 12.3. The number of carbonyl (C=O) groups excluding carboxylic acids is 1. The Morgan fingerprint density at radius 1 is 1.16 bits per heavy atom. The summed E-state index contributed by atoms with van der Waals surface area (Å²) in [5, 5.41) is 5.68. The molecule has 132 valence electrons. The van der Waals surface area contributed by atoms with E-state index in [2.05, 4.69) is 23.5 Å². The van der Waals surface area contributed by atoms with E-state index >= 15 is 0 Å². The molecule has 2 aliphatic rings. The molecule has 2 aliphatic heterocycles. The fourth-order valence-electron chi connectivity index (χ4n) is 3.74. The minimum absolute atomic E-state index is 0.156. The molecule has 2 aromatic rings. The second-order valence-electron chi connectivity index (χ2n) is 6.89. The Kier molecular flexibility index (Phi) is 4.70. The van der Waals surface area contributed by atoms with E-state index in [1.807, 2.05) is 29.2 Å². The minimum atomic E-state index is -0.414. The van der Waals surface area contributed by atoms with E-state index in [4.69, 9.17) is 9.47 Å². The monoisotopic (exact) mass is 340 g/mol. The van der Waals surface area contributed by atoms with Gasteiger partial charge in [-0.1, -0.05) is 42.5 Å². The van der Waals surface area contributed by atoms with Crippen molar-refractivity contribution in [2.75, 3.05) is 46.0 Å². The summed E-state index contributed by atoms with van der Waals surface area (Å²) in [6, 6.07) is 14.4. The highest BCUT2D eigenvalue weighted by atomic mass is 16.5. The topological polar surface area (TPSA) is 50.8 Å². The largest absolute Gasteiger partial charge is 0.377 e. The molecule has 25 heavy (non-hydrogen) atoms. The molecule has 5 nitrogen and oxygen atoms in total. The maximum absolute atomic E-state index is 12.9. The normalized spacial score (nSPS) is 24.4. The van der Waals surface area contributed by atoms with Gasteiger partial charge in [-0.15, -0.1) is 0 Å². The number of rotatable bonds is 2. The summed E-state index contributed by atoms with van der Waals surface area (Å²) >= 11 is 0. The molecule has 0 saturated carbocycles. The van der Waals surface area contributed by atoms with Gasteiger partial charge >= 0.3 is 0 Å². The summed E-state index contributed by atoms with van der Waals surface area (Å²) in [4.78, 5) is 14.9. The number of nitrogens with one attached hydrogen (secondary N) is 1. The summed E-state index contributed by atoms with van der Waals surface area (Å²) < 4.78 is 11.7. The number of hydrogen-bond donors (Lipinski definition) is 1. The van der Waals surface area contributed by atoms with Crippen LogP contribution in [0.1, 0.15) is 5.56 Å². The molecule has 1 N–H and O–H groups in total. The molecule has 2 aromatic carbocycles. The lowest BCUT2D eigenvalue weighted by molar-refractivity contribution is -0.157. The molecule has 5 heteroatoms. The van der Waals surface area contributed by atoms with Crippen LogP contribution in [0.2, 0.25) is 0 Å². The van der Waals surface area contributed by atoms with Crippen LogP contribution in [0.15, 0.2) is 42.5 Å². The van der Waals surface area contributed by atoms with Crippen LogP contribution in [0.4, 0.5) is 0 Å². The van der Waals surface area contributed by atoms with Gasteiger partial charge in [0.1, 0.15) is 5.60 Å². The van der Waals surface area contributed by atoms with E-state index in [0.29, 0.717) is 39.3 Å². The summed E-state index contributed by atoms with van der Waals surface area (Å²) in [6.07, 6.45) is 0.422. The lowest BCUT2D eigenvalue weighted by Gasteiger charge is -2.41. The van der Waals surface area contributed by atoms with Crippen molar-refractivity contribution in [3.8, 4) is 0 Å². The fourth-order valence-corrected chi connectivity index (χ4v) is 3.74. The number of carbonyl (C=O) groups is 1. The predicted molar refractivity (Wildman–Crippen MR) is 96.6 cm³/mol. The van der Waals surface area contributed by atoms with Crippen LogP contribution < -0.4 is 5.32 Å². The van der Waals surface area contributed by atoms with E-state index in [0.717, 1.165) is 24.0 Å². The molecule has 0 aliphatic carbocycles. The Morgan fingerprint density at radius 2 is 2.04 bits per heavy atom. The van der Waals surface area contributed by atoms with Gasteiger partial charge in [-0.05, 0) is 16.3 Å². The van der Waals surface area contributed by atoms with Crippen LogP contribution in [0.25, 0.3) is 10.8 Å². The summed E-state index contributed by atoms with van der Waals surface area (Å²) in [5.41, 5.74) is 0.669. The fraction of sp³-hybridized carbons (Fsp3) is 0.450. The molecule has 2 fully saturated rings. The molecule has 0 bridgehead atoms. The third-order valence-corrected chi connectivity index (χ3v) is 5.06. The van der Waals surface area contributed by atoms with Gasteiger partial charge < -0.3 is 19.7 Å². The average molecular weight is 340 g/mol. The Morgan fingerprint density at radius 3 is 3.00 bits per heavy atom. The lowest BCUT2D eigenvalue weighted by Crippen LogP contribution is -2.59. The number of hydrogen-bond acceptors (Lipinski definition) is 4. The quantitative estimate of drug-likeness (QED) is 0.902. The summed E-state index contributed by atoms with van der Waals surface area (Å²) in [7, 11) is 0. The number of nitrogens with zero attached hydrogens (tertiary/aromatic N) is 1. The number of morpholine rings is 1. The maximum Gasteiger partial charge on any atom is 0.227 e. The second kappa shape index (κ2) is 7.12. The van der Waals surface area contributed by atoms with E-state index < -0.39 is 5.60 Å². The van der Waals surface area contributed by atoms with E-state index in [9.17, 15) is 4.79 Å². The van der Waals surface area contributed by atoms with Crippen LogP contribution in [0, 0.1) is 0 Å². The van der Waals surface area contributed by atoms with E-state index in [1.165, 1.54) is 5.39 Å². The number of benzene rings is 2. The third kappa shape index (κ3) is 3.54. The van der Waals surface area contributed by atoms with Gasteiger partial charge in [-0.2, -0.15) is 0 Å². The summed E-state index contributed by atoms with van der Waals surface area (Å²) in [5.74, 6) is 0.156. The van der Waals surface area contributed by atoms with Gasteiger partial charge in [0.2, 0.25) is 5.91 Å². The molecular weight excluding hydrogens is 316 g/mol. The van der Waals surface area contributed by atoms with Crippen LogP contribution in [-0.4, -0.2) is 62.4 Å². The van der Waals surface area contributed by atoms with E-state index in [1.54, 1.807) is 0 Å². The standard InChI is InChI=1S/C20H24N2O3/c23-19(12-17-6-3-5-16-4-1-2-7-18(16)17)22-9-11-25-20(14-22)13-21-8-10-24-15-20/h1-7,21H,8-15H2/t20-/m0/s1. The van der Waals surface area contributed by atoms with E-state index in [-0.39, 0.29) is 5.91 Å². The molecule has 2 heterocycles. The molecule has 1 spiro atoms. The first-order valence-electron chi connectivity index (χ1n) is 8.93. The third-order valence-electron chi connectivity index (χ3n) is 5.06. The van der Waals surface area contributed by atoms with Gasteiger partial charge in [0.25, 0.3) is 0 Å². The van der Waals surface area contributed by atoms with Gasteiger partial charge in [0.05, 0.1) is 32.8 Å². The molecule has 0 aromatic heterocycles. The van der Waals surface area contributed by atoms with Crippen LogP contribution in [0.3, 0.4) is 0 Å². The average Bonchev–Trinajstić information content (AvgIpc) is 2.87. The van der Waals surface area contributed by atoms with Crippen molar-refractivity contribution in [3.05, 3.63) is 48.0 Å². The van der Waals surface area contributed by atoms with Gasteiger partial charge in [-0.3, -0.25) is 4.79 Å². The Bertz CT molecular complexity index is 748. The Balaban J connectivity index is 1.50. The summed E-state index contributed by atoms with van der Waals surface area (Å²) in [6.45, 7) is 4.58. The zero-order valence-corrected chi connectivity index (χ0v) is 14.4. The smallest absolute Gasteiger partial charge is 0.227 e. The van der Waals surface area contributed by atoms with Gasteiger partial charge in [0.15, 0.2) is 0 Å². The highest BCUT2D eigenvalue weighted by Crippen LogP contribution is 2.23. The zero-order chi connectivity index (χ0) is 17.1. The predicted octanol–water partition coefficient (Wildman–Crippen LogP) is 1.60. The number of fused-ring (bicyclic) bond motifs is 1. The van der Waals surface area contributed by atoms with Crippen molar-refractivity contribution in [2.45, 2.75) is 12.0 Å². The van der Waals surface area contributed by atoms with Crippen molar-refractivity contribution in [3.63, 3.8) is 0 Å². The number of amides is 1. The van der Waals surface area contributed by atoms with Crippen LogP contribution in [-0.2, 0) is 20.7 Å². The Labute approximate surface area is 147 Å². The second-order valence-corrected chi connectivity index (χ2v) is 6.89. The Hall–Kier alpha value is -1.95. The molecule has 2 saturated heterocycles. The molecule has 0 radical (unpaired) electrons. The lowest BCUT2D eigenvalue weighted by atomic mass is 9.99. The highest BCUT2D eigenvalue weighted by molar-refractivity contribution is 5.90. The van der Waals surface area contributed by atoms with Gasteiger partial charge in [0, 0.05) is 19.6 Å². The molecule has 0 unspecified atom stereocenters. The van der Waals surface area contributed by atoms with Crippen molar-refractivity contribution < 1.29 is 14.3 Å². The van der Waals surface area contributed by atoms with Crippen molar-refractivity contribution in [1.82, 2.24) is 10.2 Å². The molecule has 1 atom stereocenters.